The highest BCUT2D eigenvalue weighted by molar-refractivity contribution is 5.73. The summed E-state index contributed by atoms with van der Waals surface area (Å²) in [7, 11) is 0. The minimum Gasteiger partial charge on any atom is -0.443 e. The van der Waals surface area contributed by atoms with E-state index in [1.165, 1.54) is 30.7 Å². The lowest BCUT2D eigenvalue weighted by molar-refractivity contribution is -0.921. The average molecular weight is 247 g/mol. The largest absolute Gasteiger partial charge is 0.443 e. The van der Waals surface area contributed by atoms with Crippen molar-refractivity contribution in [3.63, 3.8) is 0 Å². The van der Waals surface area contributed by atoms with Gasteiger partial charge in [-0.25, -0.2) is 0 Å². The van der Waals surface area contributed by atoms with Crippen molar-refractivity contribution in [2.45, 2.75) is 27.7 Å². The number of rotatable bonds is 4. The van der Waals surface area contributed by atoms with Gasteiger partial charge in [-0.3, -0.25) is 0 Å². The maximum Gasteiger partial charge on any atom is 0.0757 e. The zero-order valence-electron chi connectivity index (χ0n) is 12.1. The number of hydrogen-bond acceptors (Lipinski definition) is 1. The van der Waals surface area contributed by atoms with Crippen LogP contribution in [0.3, 0.4) is 0 Å². The van der Waals surface area contributed by atoms with Crippen LogP contribution in [0.1, 0.15) is 27.7 Å². The lowest BCUT2D eigenvalue weighted by Gasteiger charge is -2.34. The molecule has 0 fully saturated rings. The molecule has 3 nitrogen and oxygen atoms in total. The molecule has 1 aromatic heterocycles. The van der Waals surface area contributed by atoms with Gasteiger partial charge in [-0.1, -0.05) is 30.6 Å². The van der Waals surface area contributed by atoms with Crippen molar-refractivity contribution in [1.29, 1.82) is 0 Å². The second-order valence-corrected chi connectivity index (χ2v) is 4.47. The number of quaternary nitrogens is 1. The second kappa shape index (κ2) is 7.17. The molecular formula is C15H25N3. The van der Waals surface area contributed by atoms with Crippen LogP contribution in [-0.2, 0) is 0 Å². The van der Waals surface area contributed by atoms with Gasteiger partial charge in [-0.05, 0) is 38.7 Å². The van der Waals surface area contributed by atoms with E-state index in [1.54, 1.807) is 6.33 Å². The van der Waals surface area contributed by atoms with Crippen molar-refractivity contribution in [1.82, 2.24) is 9.97 Å². The highest BCUT2D eigenvalue weighted by atomic mass is 15.3. The van der Waals surface area contributed by atoms with E-state index in [1.807, 2.05) is 24.3 Å². The molecule has 0 saturated carbocycles. The standard InChI is InChI=1S/C8H20N.C7H5N2/c1-5-9(6-2,7-3)8-4;1-2-4-7-6(3-1)8-5-9-7/h5-8H2,1-4H3;1-5H/q+1;-1. The third kappa shape index (κ3) is 3.57. The number of imidazole rings is 1. The summed E-state index contributed by atoms with van der Waals surface area (Å²) >= 11 is 0. The molecule has 0 radical (unpaired) electrons. The first-order valence-corrected chi connectivity index (χ1v) is 6.88. The summed E-state index contributed by atoms with van der Waals surface area (Å²) in [4.78, 5) is 8.02. The third-order valence-corrected chi connectivity index (χ3v) is 3.96. The Morgan fingerprint density at radius 3 is 1.94 bits per heavy atom. The first-order chi connectivity index (χ1) is 8.71. The highest BCUT2D eigenvalue weighted by Crippen LogP contribution is 2.04. The first-order valence-electron chi connectivity index (χ1n) is 6.88. The Morgan fingerprint density at radius 1 is 0.944 bits per heavy atom. The molecule has 18 heavy (non-hydrogen) atoms. The number of nitrogens with zero attached hydrogens (tertiary/aromatic N) is 3. The van der Waals surface area contributed by atoms with Gasteiger partial charge in [-0.15, -0.1) is 0 Å². The molecule has 0 aliphatic heterocycles. The quantitative estimate of drug-likeness (QED) is 0.776. The summed E-state index contributed by atoms with van der Waals surface area (Å²) in [5, 5.41) is 0. The number of benzene rings is 1. The number of para-hydroxylation sites is 2. The zero-order valence-corrected chi connectivity index (χ0v) is 12.1. The van der Waals surface area contributed by atoms with E-state index in [9.17, 15) is 0 Å². The molecule has 0 unspecified atom stereocenters. The van der Waals surface area contributed by atoms with Crippen LogP contribution < -0.4 is 4.98 Å². The predicted molar refractivity (Wildman–Crippen MR) is 77.5 cm³/mol. The molecule has 0 aliphatic carbocycles. The van der Waals surface area contributed by atoms with E-state index in [4.69, 9.17) is 0 Å². The lowest BCUT2D eigenvalue weighted by atomic mass is 10.3. The van der Waals surface area contributed by atoms with E-state index in [2.05, 4.69) is 37.7 Å². The van der Waals surface area contributed by atoms with E-state index in [0.29, 0.717) is 0 Å². The van der Waals surface area contributed by atoms with Gasteiger partial charge in [0.05, 0.1) is 26.2 Å². The lowest BCUT2D eigenvalue weighted by Crippen LogP contribution is -2.47. The fraction of sp³-hybridized carbons (Fsp3) is 0.533. The van der Waals surface area contributed by atoms with Crippen LogP contribution in [-0.4, -0.2) is 35.6 Å². The van der Waals surface area contributed by atoms with Gasteiger partial charge in [0.15, 0.2) is 0 Å². The molecule has 100 valence electrons. The summed E-state index contributed by atoms with van der Waals surface area (Å²) in [6.07, 6.45) is 1.57. The van der Waals surface area contributed by atoms with Gasteiger partial charge in [-0.2, -0.15) is 0 Å². The Balaban J connectivity index is 0.000000180. The van der Waals surface area contributed by atoms with Crippen LogP contribution in [0.5, 0.6) is 0 Å². The van der Waals surface area contributed by atoms with Gasteiger partial charge >= 0.3 is 0 Å². The van der Waals surface area contributed by atoms with E-state index < -0.39 is 0 Å². The third-order valence-electron chi connectivity index (χ3n) is 3.96. The average Bonchev–Trinajstić information content (AvgIpc) is 2.91. The van der Waals surface area contributed by atoms with Crippen molar-refractivity contribution >= 4 is 11.0 Å². The summed E-state index contributed by atoms with van der Waals surface area (Å²) < 4.78 is 1.28. The van der Waals surface area contributed by atoms with Gasteiger partial charge in [0, 0.05) is 0 Å². The number of fused-ring (bicyclic) bond motifs is 1. The number of hydrogen-bond donors (Lipinski definition) is 0. The molecule has 2 rings (SSSR count). The van der Waals surface area contributed by atoms with Gasteiger partial charge < -0.3 is 14.5 Å². The Labute approximate surface area is 110 Å². The molecule has 0 atom stereocenters. The van der Waals surface area contributed by atoms with Crippen LogP contribution in [0.25, 0.3) is 11.0 Å². The molecule has 0 N–H and O–H groups in total. The Hall–Kier alpha value is -1.35. The first kappa shape index (κ1) is 14.7. The summed E-state index contributed by atoms with van der Waals surface area (Å²) in [5.74, 6) is 0. The minimum atomic E-state index is 0.970. The molecule has 1 heterocycles. The van der Waals surface area contributed by atoms with Crippen molar-refractivity contribution in [3.05, 3.63) is 30.6 Å². The molecule has 0 spiro atoms. The van der Waals surface area contributed by atoms with Crippen molar-refractivity contribution < 1.29 is 4.48 Å². The van der Waals surface area contributed by atoms with E-state index >= 15 is 0 Å². The van der Waals surface area contributed by atoms with Gasteiger partial charge in [0.25, 0.3) is 0 Å². The Bertz CT molecular complexity index is 396. The maximum atomic E-state index is 4.01. The van der Waals surface area contributed by atoms with Crippen LogP contribution in [0, 0.1) is 0 Å². The molecular weight excluding hydrogens is 222 g/mol. The van der Waals surface area contributed by atoms with Crippen LogP contribution in [0.15, 0.2) is 30.6 Å². The molecule has 0 saturated heterocycles. The Kier molecular flexibility index (Phi) is 5.86. The summed E-state index contributed by atoms with van der Waals surface area (Å²) in [5.41, 5.74) is 1.94. The smallest absolute Gasteiger partial charge is 0.0757 e. The monoisotopic (exact) mass is 247 g/mol. The van der Waals surface area contributed by atoms with E-state index in [-0.39, 0.29) is 0 Å². The topological polar surface area (TPSA) is 27.0 Å². The molecule has 1 aromatic carbocycles. The molecule has 0 aliphatic rings. The molecule has 0 amide bonds. The van der Waals surface area contributed by atoms with Crippen LogP contribution in [0.4, 0.5) is 0 Å². The Morgan fingerprint density at radius 2 is 1.50 bits per heavy atom. The zero-order chi connectivity index (χ0) is 13.4. The predicted octanol–water partition coefficient (Wildman–Crippen LogP) is 3.07. The van der Waals surface area contributed by atoms with E-state index in [0.717, 1.165) is 11.0 Å². The minimum absolute atomic E-state index is 0.970. The van der Waals surface area contributed by atoms with Crippen molar-refractivity contribution in [2.75, 3.05) is 26.2 Å². The fourth-order valence-electron chi connectivity index (χ4n) is 2.18. The summed E-state index contributed by atoms with van der Waals surface area (Å²) in [6.45, 7) is 14.2. The fourth-order valence-corrected chi connectivity index (χ4v) is 2.18. The normalized spacial score (nSPS) is 11.1. The second-order valence-electron chi connectivity index (χ2n) is 4.47. The van der Waals surface area contributed by atoms with Crippen LogP contribution >= 0.6 is 0 Å². The van der Waals surface area contributed by atoms with Gasteiger partial charge in [0.1, 0.15) is 0 Å². The highest BCUT2D eigenvalue weighted by Gasteiger charge is 2.16. The maximum absolute atomic E-state index is 4.01. The molecule has 3 heteroatoms. The molecule has 0 bridgehead atoms. The van der Waals surface area contributed by atoms with Crippen LogP contribution in [0.2, 0.25) is 0 Å². The summed E-state index contributed by atoms with van der Waals surface area (Å²) in [6, 6.07) is 7.80. The number of aromatic nitrogens is 2. The van der Waals surface area contributed by atoms with Gasteiger partial charge in [0.2, 0.25) is 0 Å². The molecule has 2 aromatic rings. The van der Waals surface area contributed by atoms with Crippen molar-refractivity contribution in [3.8, 4) is 0 Å². The van der Waals surface area contributed by atoms with Crippen molar-refractivity contribution in [2.24, 2.45) is 0 Å². The SMILES string of the molecule is CC[N+](CC)(CC)CC.c1ccc2[n-]cnc2c1.